The second-order valence-corrected chi connectivity index (χ2v) is 6.75. The number of aromatic nitrogens is 1. The van der Waals surface area contributed by atoms with Crippen LogP contribution in [0.2, 0.25) is 0 Å². The highest BCUT2D eigenvalue weighted by atomic mass is 19.4. The van der Waals surface area contributed by atoms with Crippen LogP contribution in [-0.2, 0) is 12.4 Å². The van der Waals surface area contributed by atoms with Crippen molar-refractivity contribution in [1.29, 1.82) is 0 Å². The number of piperidine rings is 1. The predicted molar refractivity (Wildman–Crippen MR) is 90.3 cm³/mol. The van der Waals surface area contributed by atoms with Crippen LogP contribution in [0.3, 0.4) is 0 Å². The zero-order valence-electron chi connectivity index (χ0n) is 14.6. The number of hydrogen-bond acceptors (Lipinski definition) is 3. The SMILES string of the molecule is O[C@H](c1cc(-c2ccc(C(F)(F)F)cc2)nc(C(F)(F)F)c1)[C@@H]1CCCCN1. The molecule has 0 aliphatic carbocycles. The molecule has 2 N–H and O–H groups in total. The highest BCUT2D eigenvalue weighted by molar-refractivity contribution is 5.61. The third kappa shape index (κ3) is 4.64. The Labute approximate surface area is 157 Å². The average Bonchev–Trinajstić information content (AvgIpc) is 2.66. The van der Waals surface area contributed by atoms with E-state index >= 15 is 0 Å². The number of alkyl halides is 6. The van der Waals surface area contributed by atoms with E-state index in [0.717, 1.165) is 43.2 Å². The topological polar surface area (TPSA) is 45.2 Å². The average molecular weight is 404 g/mol. The molecule has 2 aromatic rings. The fraction of sp³-hybridized carbons (Fsp3) is 0.421. The molecule has 1 aromatic carbocycles. The summed E-state index contributed by atoms with van der Waals surface area (Å²) in [4.78, 5) is 3.56. The van der Waals surface area contributed by atoms with Crippen LogP contribution in [0, 0.1) is 0 Å². The minimum absolute atomic E-state index is 0.0247. The van der Waals surface area contributed by atoms with Gasteiger partial charge < -0.3 is 10.4 Å². The summed E-state index contributed by atoms with van der Waals surface area (Å²) in [5.41, 5.74) is -2.13. The number of nitrogens with zero attached hydrogens (tertiary/aromatic N) is 1. The molecule has 0 spiro atoms. The molecule has 1 aliphatic heterocycles. The van der Waals surface area contributed by atoms with Gasteiger partial charge in [-0.3, -0.25) is 0 Å². The highest BCUT2D eigenvalue weighted by Gasteiger charge is 2.35. The Hall–Kier alpha value is -2.13. The summed E-state index contributed by atoms with van der Waals surface area (Å²) >= 11 is 0. The van der Waals surface area contributed by atoms with E-state index in [1.807, 2.05) is 0 Å². The van der Waals surface area contributed by atoms with Crippen molar-refractivity contribution in [2.45, 2.75) is 43.8 Å². The van der Waals surface area contributed by atoms with Gasteiger partial charge in [0.1, 0.15) is 5.69 Å². The van der Waals surface area contributed by atoms with E-state index in [4.69, 9.17) is 0 Å². The van der Waals surface area contributed by atoms with Gasteiger partial charge in [-0.05, 0) is 49.2 Å². The minimum Gasteiger partial charge on any atom is -0.387 e. The first-order chi connectivity index (χ1) is 13.1. The van der Waals surface area contributed by atoms with Gasteiger partial charge in [0.25, 0.3) is 0 Å². The molecule has 0 bridgehead atoms. The molecule has 1 aromatic heterocycles. The van der Waals surface area contributed by atoms with Crippen LogP contribution in [0.1, 0.15) is 42.2 Å². The Morgan fingerprint density at radius 2 is 1.64 bits per heavy atom. The molecular formula is C19H18F6N2O. The van der Waals surface area contributed by atoms with Crippen molar-refractivity contribution in [3.05, 3.63) is 53.2 Å². The van der Waals surface area contributed by atoms with Gasteiger partial charge in [-0.15, -0.1) is 0 Å². The van der Waals surface area contributed by atoms with Crippen LogP contribution in [0.4, 0.5) is 26.3 Å². The molecule has 0 amide bonds. The zero-order valence-corrected chi connectivity index (χ0v) is 14.6. The van der Waals surface area contributed by atoms with E-state index in [0.29, 0.717) is 13.0 Å². The second kappa shape index (κ2) is 7.71. The van der Waals surface area contributed by atoms with Crippen LogP contribution in [0.25, 0.3) is 11.3 Å². The van der Waals surface area contributed by atoms with Crippen molar-refractivity contribution in [3.8, 4) is 11.3 Å². The van der Waals surface area contributed by atoms with E-state index in [9.17, 15) is 31.4 Å². The summed E-state index contributed by atoms with van der Waals surface area (Å²) in [5.74, 6) is 0. The fourth-order valence-corrected chi connectivity index (χ4v) is 3.23. The van der Waals surface area contributed by atoms with Crippen LogP contribution in [0.15, 0.2) is 36.4 Å². The Kier molecular flexibility index (Phi) is 5.67. The molecule has 9 heteroatoms. The van der Waals surface area contributed by atoms with Crippen LogP contribution in [-0.4, -0.2) is 22.7 Å². The molecule has 1 saturated heterocycles. The molecule has 0 saturated carbocycles. The summed E-state index contributed by atoms with van der Waals surface area (Å²) in [6.07, 6.45) is -8.11. The zero-order chi connectivity index (χ0) is 20.5. The van der Waals surface area contributed by atoms with Gasteiger partial charge in [0.15, 0.2) is 0 Å². The van der Waals surface area contributed by atoms with Crippen molar-refractivity contribution in [2.24, 2.45) is 0 Å². The van der Waals surface area contributed by atoms with Gasteiger partial charge >= 0.3 is 12.4 Å². The molecule has 3 nitrogen and oxygen atoms in total. The van der Waals surface area contributed by atoms with Crippen LogP contribution < -0.4 is 5.32 Å². The highest BCUT2D eigenvalue weighted by Crippen LogP contribution is 2.35. The van der Waals surface area contributed by atoms with Crippen molar-refractivity contribution in [1.82, 2.24) is 10.3 Å². The maximum absolute atomic E-state index is 13.3. The lowest BCUT2D eigenvalue weighted by Gasteiger charge is -2.28. The molecule has 28 heavy (non-hydrogen) atoms. The molecule has 0 unspecified atom stereocenters. The Bertz CT molecular complexity index is 811. The van der Waals surface area contributed by atoms with E-state index in [1.165, 1.54) is 6.07 Å². The third-order valence-electron chi connectivity index (χ3n) is 4.72. The Morgan fingerprint density at radius 1 is 0.964 bits per heavy atom. The summed E-state index contributed by atoms with van der Waals surface area (Å²) in [6, 6.07) is 5.40. The largest absolute Gasteiger partial charge is 0.433 e. The fourth-order valence-electron chi connectivity index (χ4n) is 3.23. The molecule has 0 radical (unpaired) electrons. The van der Waals surface area contributed by atoms with Crippen molar-refractivity contribution >= 4 is 0 Å². The summed E-state index contributed by atoms with van der Waals surface area (Å²) in [5, 5.41) is 13.6. The van der Waals surface area contributed by atoms with Crippen molar-refractivity contribution < 1.29 is 31.4 Å². The molecule has 2 heterocycles. The Morgan fingerprint density at radius 3 is 2.18 bits per heavy atom. The maximum Gasteiger partial charge on any atom is 0.433 e. The predicted octanol–water partition coefficient (Wildman–Crippen LogP) is 4.96. The van der Waals surface area contributed by atoms with Gasteiger partial charge in [-0.25, -0.2) is 4.98 Å². The first-order valence-corrected chi connectivity index (χ1v) is 8.74. The van der Waals surface area contributed by atoms with Crippen LogP contribution >= 0.6 is 0 Å². The third-order valence-corrected chi connectivity index (χ3v) is 4.72. The number of halogens is 6. The first kappa shape index (κ1) is 20.6. The molecule has 1 aliphatic rings. The van der Waals surface area contributed by atoms with Gasteiger partial charge in [-0.1, -0.05) is 18.6 Å². The quantitative estimate of drug-likeness (QED) is 0.711. The maximum atomic E-state index is 13.3. The van der Waals surface area contributed by atoms with E-state index in [-0.39, 0.29) is 16.8 Å². The first-order valence-electron chi connectivity index (χ1n) is 8.74. The van der Waals surface area contributed by atoms with Gasteiger partial charge in [-0.2, -0.15) is 26.3 Å². The number of hydrogen-bond donors (Lipinski definition) is 2. The van der Waals surface area contributed by atoms with Crippen LogP contribution in [0.5, 0.6) is 0 Å². The van der Waals surface area contributed by atoms with E-state index in [2.05, 4.69) is 10.3 Å². The lowest BCUT2D eigenvalue weighted by atomic mass is 9.93. The molecule has 1 fully saturated rings. The lowest BCUT2D eigenvalue weighted by molar-refractivity contribution is -0.141. The number of aliphatic hydroxyl groups excluding tert-OH is 1. The van der Waals surface area contributed by atoms with Gasteiger partial charge in [0.2, 0.25) is 0 Å². The summed E-state index contributed by atoms with van der Waals surface area (Å²) < 4.78 is 78.0. The molecular weight excluding hydrogens is 386 g/mol. The van der Waals surface area contributed by atoms with Crippen molar-refractivity contribution in [3.63, 3.8) is 0 Å². The molecule has 2 atom stereocenters. The van der Waals surface area contributed by atoms with Crippen molar-refractivity contribution in [2.75, 3.05) is 6.54 Å². The Balaban J connectivity index is 2.00. The number of nitrogens with one attached hydrogen (secondary N) is 1. The second-order valence-electron chi connectivity index (χ2n) is 6.75. The molecule has 152 valence electrons. The number of benzene rings is 1. The minimum atomic E-state index is -4.75. The van der Waals surface area contributed by atoms with E-state index in [1.54, 1.807) is 0 Å². The lowest BCUT2D eigenvalue weighted by Crippen LogP contribution is -2.38. The summed E-state index contributed by atoms with van der Waals surface area (Å²) in [7, 11) is 0. The number of rotatable bonds is 3. The monoisotopic (exact) mass is 404 g/mol. The smallest absolute Gasteiger partial charge is 0.387 e. The standard InChI is InChI=1S/C19H18F6N2O/c20-18(21,22)13-6-4-11(5-7-13)15-9-12(10-16(27-15)19(23,24)25)17(28)14-3-1-2-8-26-14/h4-7,9-10,14,17,26,28H,1-3,8H2/t14-,17+/m0/s1. The molecule has 3 rings (SSSR count). The normalized spacial score (nSPS) is 19.5. The van der Waals surface area contributed by atoms with Gasteiger partial charge in [0.05, 0.1) is 17.4 Å². The number of pyridine rings is 1. The number of aliphatic hydroxyl groups is 1. The van der Waals surface area contributed by atoms with Gasteiger partial charge in [0, 0.05) is 11.6 Å². The van der Waals surface area contributed by atoms with E-state index < -0.39 is 35.8 Å². The summed E-state index contributed by atoms with van der Waals surface area (Å²) in [6.45, 7) is 0.657.